The molecule has 0 aliphatic carbocycles. The highest BCUT2D eigenvalue weighted by atomic mass is 16.5. The number of nitrogens with zero attached hydrogens (tertiary/aromatic N) is 2. The summed E-state index contributed by atoms with van der Waals surface area (Å²) >= 11 is 0. The van der Waals surface area contributed by atoms with E-state index in [1.807, 2.05) is 31.5 Å². The number of amides is 1. The minimum atomic E-state index is -1.11. The first-order valence-corrected chi connectivity index (χ1v) is 9.10. The Morgan fingerprint density at radius 1 is 1.19 bits per heavy atom. The number of carboxylic acids is 1. The molecule has 1 saturated heterocycles. The van der Waals surface area contributed by atoms with Gasteiger partial charge in [-0.05, 0) is 39.2 Å². The molecule has 144 valence electrons. The summed E-state index contributed by atoms with van der Waals surface area (Å²) in [5.74, 6) is -1.53. The fourth-order valence-electron chi connectivity index (χ4n) is 3.62. The van der Waals surface area contributed by atoms with Crippen LogP contribution in [0.3, 0.4) is 0 Å². The summed E-state index contributed by atoms with van der Waals surface area (Å²) in [6.07, 6.45) is 3.22. The Balaban J connectivity index is 1.82. The molecular weight excluding hydrogens is 346 g/mol. The maximum absolute atomic E-state index is 12.8. The molecule has 1 fully saturated rings. The number of benzene rings is 1. The number of carboxylic acid groups (broad SMARTS) is 1. The summed E-state index contributed by atoms with van der Waals surface area (Å²) in [6.45, 7) is 7.00. The summed E-state index contributed by atoms with van der Waals surface area (Å²) in [4.78, 5) is 24.5. The van der Waals surface area contributed by atoms with Gasteiger partial charge in [-0.1, -0.05) is 29.3 Å². The first-order valence-electron chi connectivity index (χ1n) is 9.10. The summed E-state index contributed by atoms with van der Waals surface area (Å²) in [7, 11) is 0. The number of nitrogens with one attached hydrogen (secondary N) is 1. The van der Waals surface area contributed by atoms with Gasteiger partial charge in [0.2, 0.25) is 0 Å². The van der Waals surface area contributed by atoms with Gasteiger partial charge in [0.15, 0.2) is 6.04 Å². The molecule has 2 heterocycles. The quantitative estimate of drug-likeness (QED) is 0.843. The van der Waals surface area contributed by atoms with E-state index >= 15 is 0 Å². The van der Waals surface area contributed by atoms with Crippen molar-refractivity contribution in [2.45, 2.75) is 45.7 Å². The SMILES string of the molecule is Cc1cc(C)cc(C(NC(=O)c2cnn(C3CCOCC3)c2C)C(=O)O)c1. The molecule has 1 unspecified atom stereocenters. The van der Waals surface area contributed by atoms with Crippen LogP contribution in [0.4, 0.5) is 0 Å². The summed E-state index contributed by atoms with van der Waals surface area (Å²) in [5, 5.41) is 16.6. The van der Waals surface area contributed by atoms with Crippen LogP contribution in [0.25, 0.3) is 0 Å². The van der Waals surface area contributed by atoms with Crippen molar-refractivity contribution in [2.24, 2.45) is 0 Å². The Morgan fingerprint density at radius 3 is 2.41 bits per heavy atom. The normalized spacial score (nSPS) is 16.1. The van der Waals surface area contributed by atoms with E-state index in [2.05, 4.69) is 10.4 Å². The van der Waals surface area contributed by atoms with Crippen LogP contribution in [0.2, 0.25) is 0 Å². The monoisotopic (exact) mass is 371 g/mol. The Hall–Kier alpha value is -2.67. The van der Waals surface area contributed by atoms with Gasteiger partial charge < -0.3 is 15.2 Å². The Morgan fingerprint density at radius 2 is 1.81 bits per heavy atom. The maximum atomic E-state index is 12.8. The van der Waals surface area contributed by atoms with Crippen molar-refractivity contribution in [3.63, 3.8) is 0 Å². The van der Waals surface area contributed by atoms with Crippen LogP contribution in [-0.2, 0) is 9.53 Å². The number of carbonyl (C=O) groups is 2. The number of ether oxygens (including phenoxy) is 1. The molecule has 27 heavy (non-hydrogen) atoms. The highest BCUT2D eigenvalue weighted by molar-refractivity contribution is 5.97. The maximum Gasteiger partial charge on any atom is 0.330 e. The predicted molar refractivity (Wildman–Crippen MR) is 99.8 cm³/mol. The Bertz CT molecular complexity index is 833. The average molecular weight is 371 g/mol. The van der Waals surface area contributed by atoms with Crippen molar-refractivity contribution in [1.29, 1.82) is 0 Å². The summed E-state index contributed by atoms with van der Waals surface area (Å²) in [6, 6.07) is 4.62. The molecule has 0 radical (unpaired) electrons. The fourth-order valence-corrected chi connectivity index (χ4v) is 3.62. The molecule has 1 atom stereocenters. The second kappa shape index (κ2) is 7.92. The highest BCUT2D eigenvalue weighted by Crippen LogP contribution is 2.24. The van der Waals surface area contributed by atoms with Gasteiger partial charge >= 0.3 is 5.97 Å². The molecule has 7 heteroatoms. The zero-order valence-electron chi connectivity index (χ0n) is 15.9. The molecule has 1 aliphatic heterocycles. The third-order valence-electron chi connectivity index (χ3n) is 4.93. The molecule has 0 bridgehead atoms. The predicted octanol–water partition coefficient (Wildman–Crippen LogP) is 2.72. The summed E-state index contributed by atoms with van der Waals surface area (Å²) < 4.78 is 7.23. The van der Waals surface area contributed by atoms with Crippen LogP contribution in [0.15, 0.2) is 24.4 Å². The second-order valence-corrected chi connectivity index (χ2v) is 7.10. The third-order valence-corrected chi connectivity index (χ3v) is 4.93. The van der Waals surface area contributed by atoms with Crippen molar-refractivity contribution >= 4 is 11.9 Å². The van der Waals surface area contributed by atoms with E-state index in [-0.39, 0.29) is 6.04 Å². The smallest absolute Gasteiger partial charge is 0.330 e. The van der Waals surface area contributed by atoms with Gasteiger partial charge in [0.1, 0.15) is 0 Å². The van der Waals surface area contributed by atoms with Crippen LogP contribution in [-0.4, -0.2) is 40.0 Å². The number of aromatic nitrogens is 2. The molecule has 1 amide bonds. The van der Waals surface area contributed by atoms with Gasteiger partial charge in [-0.15, -0.1) is 0 Å². The number of aliphatic carboxylic acids is 1. The number of carbonyl (C=O) groups excluding carboxylic acids is 1. The van der Waals surface area contributed by atoms with Crippen molar-refractivity contribution in [3.8, 4) is 0 Å². The molecule has 1 aliphatic rings. The van der Waals surface area contributed by atoms with E-state index in [9.17, 15) is 14.7 Å². The number of hydrogen-bond acceptors (Lipinski definition) is 4. The van der Waals surface area contributed by atoms with Gasteiger partial charge in [0.25, 0.3) is 5.91 Å². The van der Waals surface area contributed by atoms with Crippen molar-refractivity contribution < 1.29 is 19.4 Å². The molecule has 2 aromatic rings. The van der Waals surface area contributed by atoms with E-state index in [0.29, 0.717) is 24.3 Å². The zero-order chi connectivity index (χ0) is 19.6. The number of aryl methyl sites for hydroxylation is 2. The standard InChI is InChI=1S/C20H25N3O4/c1-12-8-13(2)10-15(9-12)18(20(25)26)22-19(24)17-11-21-23(14(17)3)16-4-6-27-7-5-16/h8-11,16,18H,4-7H2,1-3H3,(H,22,24)(H,25,26). The van der Waals surface area contributed by atoms with Crippen LogP contribution in [0.1, 0.15) is 57.7 Å². The molecule has 1 aromatic heterocycles. The van der Waals surface area contributed by atoms with Gasteiger partial charge in [-0.25, -0.2) is 4.79 Å². The topological polar surface area (TPSA) is 93.5 Å². The van der Waals surface area contributed by atoms with E-state index in [1.54, 1.807) is 12.1 Å². The third kappa shape index (κ3) is 4.19. The van der Waals surface area contributed by atoms with Crippen LogP contribution in [0.5, 0.6) is 0 Å². The Kier molecular flexibility index (Phi) is 5.60. The highest BCUT2D eigenvalue weighted by Gasteiger charge is 2.26. The van der Waals surface area contributed by atoms with Crippen molar-refractivity contribution in [3.05, 3.63) is 52.3 Å². The summed E-state index contributed by atoms with van der Waals surface area (Å²) in [5.41, 5.74) is 3.60. The van der Waals surface area contributed by atoms with E-state index < -0.39 is 17.9 Å². The van der Waals surface area contributed by atoms with Gasteiger partial charge in [0.05, 0.1) is 17.8 Å². The lowest BCUT2D eigenvalue weighted by Gasteiger charge is -2.23. The molecule has 0 saturated carbocycles. The van der Waals surface area contributed by atoms with Gasteiger partial charge in [-0.3, -0.25) is 9.48 Å². The fraction of sp³-hybridized carbons (Fsp3) is 0.450. The first-order chi connectivity index (χ1) is 12.9. The average Bonchev–Trinajstić information content (AvgIpc) is 3.00. The van der Waals surface area contributed by atoms with Crippen LogP contribution in [0, 0.1) is 20.8 Å². The molecule has 2 N–H and O–H groups in total. The number of hydrogen-bond donors (Lipinski definition) is 2. The van der Waals surface area contributed by atoms with E-state index in [0.717, 1.165) is 29.7 Å². The molecule has 3 rings (SSSR count). The second-order valence-electron chi connectivity index (χ2n) is 7.10. The lowest BCUT2D eigenvalue weighted by molar-refractivity contribution is -0.139. The zero-order valence-corrected chi connectivity index (χ0v) is 15.9. The largest absolute Gasteiger partial charge is 0.479 e. The molecule has 1 aromatic carbocycles. The molecular formula is C20H25N3O4. The van der Waals surface area contributed by atoms with E-state index in [4.69, 9.17) is 4.74 Å². The lowest BCUT2D eigenvalue weighted by atomic mass is 10.0. The molecule has 7 nitrogen and oxygen atoms in total. The van der Waals surface area contributed by atoms with Crippen LogP contribution < -0.4 is 5.32 Å². The Labute approximate surface area is 158 Å². The van der Waals surface area contributed by atoms with Gasteiger partial charge in [0, 0.05) is 18.9 Å². The molecule has 0 spiro atoms. The number of rotatable bonds is 5. The van der Waals surface area contributed by atoms with Crippen molar-refractivity contribution in [2.75, 3.05) is 13.2 Å². The minimum Gasteiger partial charge on any atom is -0.479 e. The van der Waals surface area contributed by atoms with Crippen molar-refractivity contribution in [1.82, 2.24) is 15.1 Å². The lowest BCUT2D eigenvalue weighted by Crippen LogP contribution is -2.34. The van der Waals surface area contributed by atoms with Crippen LogP contribution >= 0.6 is 0 Å². The van der Waals surface area contributed by atoms with E-state index in [1.165, 1.54) is 6.20 Å². The minimum absolute atomic E-state index is 0.204. The van der Waals surface area contributed by atoms with Gasteiger partial charge in [-0.2, -0.15) is 5.10 Å². The first kappa shape index (κ1) is 19.1.